The van der Waals surface area contributed by atoms with Crippen LogP contribution in [-0.4, -0.2) is 46.8 Å². The molecule has 1 aliphatic heterocycles. The zero-order chi connectivity index (χ0) is 27.6. The topological polar surface area (TPSA) is 77.8 Å². The van der Waals surface area contributed by atoms with Crippen molar-refractivity contribution in [1.82, 2.24) is 9.47 Å². The van der Waals surface area contributed by atoms with Gasteiger partial charge in [0.1, 0.15) is 12.4 Å². The Hall–Kier alpha value is -3.78. The number of aromatic nitrogens is 1. The molecule has 0 aliphatic carbocycles. The molecule has 2 aromatic carbocycles. The molecule has 8 heteroatoms. The highest BCUT2D eigenvalue weighted by Crippen LogP contribution is 2.34. The van der Waals surface area contributed by atoms with Gasteiger partial charge in [-0.15, -0.1) is 0 Å². The van der Waals surface area contributed by atoms with Crippen molar-refractivity contribution in [1.29, 1.82) is 0 Å². The molecule has 1 aromatic heterocycles. The molecule has 198 valence electrons. The van der Waals surface area contributed by atoms with Crippen LogP contribution in [0, 0.1) is 20.8 Å². The van der Waals surface area contributed by atoms with Gasteiger partial charge in [0.15, 0.2) is 0 Å². The normalized spacial score (nSPS) is 14.6. The first-order valence-corrected chi connectivity index (χ1v) is 13.3. The van der Waals surface area contributed by atoms with E-state index in [1.165, 1.54) is 12.0 Å². The molecule has 38 heavy (non-hydrogen) atoms. The summed E-state index contributed by atoms with van der Waals surface area (Å²) in [5, 5.41) is -0.301. The van der Waals surface area contributed by atoms with Gasteiger partial charge in [0.2, 0.25) is 0 Å². The molecular weight excluding hydrogens is 500 g/mol. The first-order valence-electron chi connectivity index (χ1n) is 12.5. The van der Waals surface area contributed by atoms with Crippen LogP contribution in [0.3, 0.4) is 0 Å². The molecule has 0 spiro atoms. The molecule has 1 aliphatic rings. The number of nitrogens with zero attached hydrogens (tertiary/aromatic N) is 2. The van der Waals surface area contributed by atoms with Crippen molar-refractivity contribution >= 4 is 35.0 Å². The number of ether oxygens (including phenoxy) is 2. The number of carbonyl (C=O) groups is 3. The molecule has 0 radical (unpaired) electrons. The van der Waals surface area contributed by atoms with E-state index < -0.39 is 5.97 Å². The molecule has 2 amide bonds. The highest BCUT2D eigenvalue weighted by Gasteiger charge is 2.35. The minimum atomic E-state index is -0.390. The van der Waals surface area contributed by atoms with Crippen molar-refractivity contribution in [3.05, 3.63) is 87.1 Å². The number of carbonyl (C=O) groups excluding carboxylic acids is 3. The number of thioether (sulfide) groups is 1. The van der Waals surface area contributed by atoms with Gasteiger partial charge in [-0.25, -0.2) is 4.79 Å². The largest absolute Gasteiger partial charge is 0.491 e. The van der Waals surface area contributed by atoms with Crippen molar-refractivity contribution < 1.29 is 23.9 Å². The SMILES string of the molecule is COC(=O)c1ccc(-n2c(C)cc(/C=C3\SC(=O)N(CCOc4cc(C)ccc4C(C)C)C3=O)c2C)cc1. The fraction of sp³-hybridized carbons (Fsp3) is 0.300. The third-order valence-corrected chi connectivity index (χ3v) is 7.45. The molecule has 3 aromatic rings. The van der Waals surface area contributed by atoms with Gasteiger partial charge >= 0.3 is 5.97 Å². The van der Waals surface area contributed by atoms with Gasteiger partial charge in [-0.1, -0.05) is 26.0 Å². The third-order valence-electron chi connectivity index (χ3n) is 6.54. The fourth-order valence-corrected chi connectivity index (χ4v) is 5.38. The average molecular weight is 533 g/mol. The summed E-state index contributed by atoms with van der Waals surface area (Å²) in [4.78, 5) is 39.2. The van der Waals surface area contributed by atoms with E-state index in [9.17, 15) is 14.4 Å². The van der Waals surface area contributed by atoms with Crippen molar-refractivity contribution in [2.45, 2.75) is 40.5 Å². The standard InChI is InChI=1S/C30H32N2O5S/c1-18(2)25-12-7-19(3)15-26(25)37-14-13-31-28(33)27(38-30(31)35)17-23-16-20(4)32(21(23)5)24-10-8-22(9-11-24)29(34)36-6/h7-12,15-18H,13-14H2,1-6H3/b27-17-. The Kier molecular flexibility index (Phi) is 8.11. The Labute approximate surface area is 227 Å². The van der Waals surface area contributed by atoms with Crippen LogP contribution < -0.4 is 4.74 Å². The number of methoxy groups -OCH3 is 1. The fourth-order valence-electron chi connectivity index (χ4n) is 4.52. The lowest BCUT2D eigenvalue weighted by Gasteiger charge is -2.17. The highest BCUT2D eigenvalue weighted by molar-refractivity contribution is 8.18. The minimum Gasteiger partial charge on any atom is -0.491 e. The van der Waals surface area contributed by atoms with E-state index in [-0.39, 0.29) is 24.3 Å². The van der Waals surface area contributed by atoms with E-state index in [1.54, 1.807) is 18.2 Å². The number of rotatable bonds is 8. The Bertz CT molecular complexity index is 1420. The molecule has 7 nitrogen and oxygen atoms in total. The predicted octanol–water partition coefficient (Wildman–Crippen LogP) is 6.43. The van der Waals surface area contributed by atoms with Gasteiger partial charge in [-0.2, -0.15) is 0 Å². The second kappa shape index (κ2) is 11.3. The van der Waals surface area contributed by atoms with E-state index in [1.807, 2.05) is 49.6 Å². The van der Waals surface area contributed by atoms with Crippen LogP contribution in [0.1, 0.15) is 58.2 Å². The van der Waals surface area contributed by atoms with Crippen LogP contribution in [0.25, 0.3) is 11.8 Å². The van der Waals surface area contributed by atoms with Crippen molar-refractivity contribution in [2.75, 3.05) is 20.3 Å². The number of hydrogen-bond acceptors (Lipinski definition) is 6. The van der Waals surface area contributed by atoms with Gasteiger partial charge in [0.05, 0.1) is 24.1 Å². The summed E-state index contributed by atoms with van der Waals surface area (Å²) in [6.07, 6.45) is 1.77. The molecule has 0 atom stereocenters. The maximum atomic E-state index is 13.1. The zero-order valence-corrected chi connectivity index (χ0v) is 23.3. The maximum absolute atomic E-state index is 13.1. The highest BCUT2D eigenvalue weighted by atomic mass is 32.2. The minimum absolute atomic E-state index is 0.180. The van der Waals surface area contributed by atoms with Crippen LogP contribution in [0.4, 0.5) is 4.79 Å². The van der Waals surface area contributed by atoms with Gasteiger partial charge in [0, 0.05) is 17.1 Å². The predicted molar refractivity (Wildman–Crippen MR) is 150 cm³/mol. The van der Waals surface area contributed by atoms with Crippen LogP contribution in [0.5, 0.6) is 5.75 Å². The van der Waals surface area contributed by atoms with Crippen molar-refractivity contribution in [2.24, 2.45) is 0 Å². The van der Waals surface area contributed by atoms with Gasteiger partial charge < -0.3 is 14.0 Å². The van der Waals surface area contributed by atoms with Gasteiger partial charge in [0.25, 0.3) is 11.1 Å². The lowest BCUT2D eigenvalue weighted by molar-refractivity contribution is -0.123. The Morgan fingerprint density at radius 2 is 1.74 bits per heavy atom. The summed E-state index contributed by atoms with van der Waals surface area (Å²) in [7, 11) is 1.35. The summed E-state index contributed by atoms with van der Waals surface area (Å²) < 4.78 is 12.8. The molecule has 0 N–H and O–H groups in total. The van der Waals surface area contributed by atoms with Gasteiger partial charge in [-0.05, 0) is 97.6 Å². The van der Waals surface area contributed by atoms with E-state index >= 15 is 0 Å². The first kappa shape index (κ1) is 27.3. The molecule has 0 bridgehead atoms. The monoisotopic (exact) mass is 532 g/mol. The molecule has 4 rings (SSSR count). The summed E-state index contributed by atoms with van der Waals surface area (Å²) in [5.74, 6) is 0.382. The zero-order valence-electron chi connectivity index (χ0n) is 22.5. The lowest BCUT2D eigenvalue weighted by atomic mass is 10.0. The lowest BCUT2D eigenvalue weighted by Crippen LogP contribution is -2.32. The number of aryl methyl sites for hydroxylation is 2. The number of imide groups is 1. The Balaban J connectivity index is 1.49. The van der Waals surface area contributed by atoms with E-state index in [4.69, 9.17) is 9.47 Å². The second-order valence-electron chi connectivity index (χ2n) is 9.58. The number of amides is 2. The van der Waals surface area contributed by atoms with E-state index in [0.29, 0.717) is 16.4 Å². The van der Waals surface area contributed by atoms with Crippen LogP contribution in [0.2, 0.25) is 0 Å². The first-order chi connectivity index (χ1) is 18.1. The molecular formula is C30H32N2O5S. The van der Waals surface area contributed by atoms with E-state index in [2.05, 4.69) is 26.0 Å². The Morgan fingerprint density at radius 3 is 2.39 bits per heavy atom. The molecule has 1 saturated heterocycles. The number of esters is 1. The molecule has 1 fully saturated rings. The van der Waals surface area contributed by atoms with Crippen molar-refractivity contribution in [3.8, 4) is 11.4 Å². The van der Waals surface area contributed by atoms with E-state index in [0.717, 1.165) is 51.3 Å². The van der Waals surface area contributed by atoms with Crippen LogP contribution >= 0.6 is 11.8 Å². The van der Waals surface area contributed by atoms with Crippen LogP contribution in [0.15, 0.2) is 53.4 Å². The maximum Gasteiger partial charge on any atom is 0.337 e. The average Bonchev–Trinajstić information content (AvgIpc) is 3.32. The quantitative estimate of drug-likeness (QED) is 0.246. The second-order valence-corrected chi connectivity index (χ2v) is 10.6. The summed E-state index contributed by atoms with van der Waals surface area (Å²) in [5.41, 5.74) is 6.28. The molecule has 2 heterocycles. The van der Waals surface area contributed by atoms with Crippen LogP contribution in [-0.2, 0) is 9.53 Å². The molecule has 0 saturated carbocycles. The summed E-state index contributed by atoms with van der Waals surface area (Å²) >= 11 is 0.943. The van der Waals surface area contributed by atoms with Gasteiger partial charge in [-0.3, -0.25) is 14.5 Å². The third kappa shape index (κ3) is 5.55. The Morgan fingerprint density at radius 1 is 1.03 bits per heavy atom. The number of hydrogen-bond donors (Lipinski definition) is 0. The summed E-state index contributed by atoms with van der Waals surface area (Å²) in [6.45, 7) is 10.5. The summed E-state index contributed by atoms with van der Waals surface area (Å²) in [6, 6.07) is 15.2. The van der Waals surface area contributed by atoms with Crippen molar-refractivity contribution in [3.63, 3.8) is 0 Å². The smallest absolute Gasteiger partial charge is 0.337 e. The molecule has 0 unspecified atom stereocenters. The number of benzene rings is 2.